The fourth-order valence-corrected chi connectivity index (χ4v) is 3.61. The average molecular weight is 380 g/mol. The van der Waals surface area contributed by atoms with Crippen LogP contribution in [0.25, 0.3) is 0 Å². The molecule has 0 spiro atoms. The van der Waals surface area contributed by atoms with E-state index in [2.05, 4.69) is 10.3 Å². The van der Waals surface area contributed by atoms with Crippen molar-refractivity contribution in [3.05, 3.63) is 62.3 Å². The number of thiazole rings is 1. The summed E-state index contributed by atoms with van der Waals surface area (Å²) in [5.41, 5.74) is 1.62. The minimum absolute atomic E-state index is 0.0349. The van der Waals surface area contributed by atoms with Gasteiger partial charge in [-0.05, 0) is 37.4 Å². The normalized spacial score (nSPS) is 10.7. The van der Waals surface area contributed by atoms with Gasteiger partial charge in [0.15, 0.2) is 16.7 Å². The molecule has 0 fully saturated rings. The molecule has 0 aliphatic rings. The molecule has 0 bridgehead atoms. The predicted octanol–water partition coefficient (Wildman–Crippen LogP) is 4.93. The van der Waals surface area contributed by atoms with E-state index in [1.54, 1.807) is 11.4 Å². The molecule has 130 valence electrons. The molecule has 1 aromatic carbocycles. The van der Waals surface area contributed by atoms with E-state index in [9.17, 15) is 13.6 Å². The van der Waals surface area contributed by atoms with Crippen LogP contribution < -0.4 is 10.1 Å². The summed E-state index contributed by atoms with van der Waals surface area (Å²) >= 11 is 2.68. The summed E-state index contributed by atoms with van der Waals surface area (Å²) in [4.78, 5) is 18.1. The zero-order chi connectivity index (χ0) is 18.0. The smallest absolute Gasteiger partial charge is 0.267 e. The van der Waals surface area contributed by atoms with Crippen molar-refractivity contribution >= 4 is 33.7 Å². The molecule has 25 heavy (non-hydrogen) atoms. The number of carbonyl (C=O) groups is 1. The number of nitrogens with zero attached hydrogens (tertiary/aromatic N) is 1. The number of aryl methyl sites for hydroxylation is 2. The van der Waals surface area contributed by atoms with Gasteiger partial charge in [0.05, 0.1) is 10.6 Å². The van der Waals surface area contributed by atoms with Gasteiger partial charge in [-0.25, -0.2) is 13.8 Å². The van der Waals surface area contributed by atoms with Crippen molar-refractivity contribution in [2.75, 3.05) is 5.32 Å². The minimum Gasteiger partial charge on any atom is -0.486 e. The zero-order valence-corrected chi connectivity index (χ0v) is 15.1. The molecular formula is C17H14F2N2O2S2. The maximum Gasteiger partial charge on any atom is 0.267 e. The van der Waals surface area contributed by atoms with Crippen molar-refractivity contribution in [2.45, 2.75) is 20.5 Å². The number of nitrogens with one attached hydrogen (secondary N) is 1. The van der Waals surface area contributed by atoms with Crippen molar-refractivity contribution in [2.24, 2.45) is 0 Å². The molecule has 0 saturated heterocycles. The highest BCUT2D eigenvalue weighted by Crippen LogP contribution is 2.24. The monoisotopic (exact) mass is 380 g/mol. The number of hydrogen-bond donors (Lipinski definition) is 1. The summed E-state index contributed by atoms with van der Waals surface area (Å²) in [6.07, 6.45) is 0. The van der Waals surface area contributed by atoms with Gasteiger partial charge in [0.25, 0.3) is 5.91 Å². The van der Waals surface area contributed by atoms with Crippen LogP contribution in [0, 0.1) is 25.5 Å². The van der Waals surface area contributed by atoms with E-state index in [-0.39, 0.29) is 18.3 Å². The third-order valence-electron chi connectivity index (χ3n) is 3.41. The highest BCUT2D eigenvalue weighted by Gasteiger charge is 2.13. The van der Waals surface area contributed by atoms with Crippen LogP contribution in [-0.2, 0) is 6.61 Å². The van der Waals surface area contributed by atoms with Crippen LogP contribution in [0.3, 0.4) is 0 Å². The highest BCUT2D eigenvalue weighted by atomic mass is 32.1. The Labute approximate surface area is 151 Å². The second-order valence-corrected chi connectivity index (χ2v) is 7.41. The van der Waals surface area contributed by atoms with Crippen LogP contribution >= 0.6 is 22.7 Å². The zero-order valence-electron chi connectivity index (χ0n) is 13.4. The lowest BCUT2D eigenvalue weighted by atomic mass is 10.3. The maximum absolute atomic E-state index is 13.5. The van der Waals surface area contributed by atoms with Gasteiger partial charge >= 0.3 is 0 Å². The van der Waals surface area contributed by atoms with E-state index in [1.807, 2.05) is 13.8 Å². The summed E-state index contributed by atoms with van der Waals surface area (Å²) in [5.74, 6) is -1.71. The number of hydrogen-bond acceptors (Lipinski definition) is 5. The predicted molar refractivity (Wildman–Crippen MR) is 94.6 cm³/mol. The Hall–Kier alpha value is -2.32. The summed E-state index contributed by atoms with van der Waals surface area (Å²) in [5, 5.41) is 5.07. The lowest BCUT2D eigenvalue weighted by Crippen LogP contribution is -2.09. The number of halogens is 2. The fourth-order valence-electron chi connectivity index (χ4n) is 2.01. The molecule has 8 heteroatoms. The van der Waals surface area contributed by atoms with Crippen LogP contribution in [0.15, 0.2) is 29.6 Å². The number of aromatic nitrogens is 1. The second-order valence-electron chi connectivity index (χ2n) is 5.30. The van der Waals surface area contributed by atoms with Crippen molar-refractivity contribution in [3.8, 4) is 5.75 Å². The largest absolute Gasteiger partial charge is 0.486 e. The van der Waals surface area contributed by atoms with Crippen LogP contribution in [0.4, 0.5) is 13.9 Å². The van der Waals surface area contributed by atoms with Crippen molar-refractivity contribution < 1.29 is 18.3 Å². The highest BCUT2D eigenvalue weighted by molar-refractivity contribution is 7.16. The standard InChI is InChI=1S/C17H14F2N2O2S2/c1-9-10(2)25-17(20-9)21-16(22)15-5-11(8-24-15)7-23-14-4-3-12(18)6-13(14)19/h3-6,8H,7H2,1-2H3,(H,20,21,22). The van der Waals surface area contributed by atoms with Gasteiger partial charge in [-0.15, -0.1) is 22.7 Å². The quantitative estimate of drug-likeness (QED) is 0.683. The van der Waals surface area contributed by atoms with Gasteiger partial charge in [0.2, 0.25) is 0 Å². The Bertz CT molecular complexity index is 902. The third kappa shape index (κ3) is 4.21. The number of amides is 1. The molecule has 0 aliphatic carbocycles. The van der Waals surface area contributed by atoms with Gasteiger partial charge in [-0.3, -0.25) is 10.1 Å². The first-order valence-electron chi connectivity index (χ1n) is 7.33. The lowest BCUT2D eigenvalue weighted by molar-refractivity contribution is 0.103. The van der Waals surface area contributed by atoms with Crippen molar-refractivity contribution in [1.29, 1.82) is 0 Å². The molecule has 0 radical (unpaired) electrons. The van der Waals surface area contributed by atoms with E-state index in [0.29, 0.717) is 10.0 Å². The Kier molecular flexibility index (Phi) is 5.10. The number of anilines is 1. The van der Waals surface area contributed by atoms with E-state index < -0.39 is 11.6 Å². The number of thiophene rings is 1. The molecule has 1 amide bonds. The van der Waals surface area contributed by atoms with E-state index in [4.69, 9.17) is 4.74 Å². The molecule has 0 aliphatic heterocycles. The Morgan fingerprint density at radius 2 is 2.08 bits per heavy atom. The topological polar surface area (TPSA) is 51.2 Å². The number of benzene rings is 1. The molecule has 4 nitrogen and oxygen atoms in total. The minimum atomic E-state index is -0.761. The van der Waals surface area contributed by atoms with E-state index in [0.717, 1.165) is 28.3 Å². The Balaban J connectivity index is 1.62. The van der Waals surface area contributed by atoms with Gasteiger partial charge < -0.3 is 4.74 Å². The molecule has 2 aromatic heterocycles. The molecule has 0 unspecified atom stereocenters. The first kappa shape index (κ1) is 17.5. The number of rotatable bonds is 5. The van der Waals surface area contributed by atoms with E-state index >= 15 is 0 Å². The summed E-state index contributed by atoms with van der Waals surface area (Å²) in [7, 11) is 0. The van der Waals surface area contributed by atoms with Crippen molar-refractivity contribution in [3.63, 3.8) is 0 Å². The van der Waals surface area contributed by atoms with Gasteiger partial charge in [-0.1, -0.05) is 0 Å². The number of carbonyl (C=O) groups excluding carboxylic acids is 1. The summed E-state index contributed by atoms with van der Waals surface area (Å²) < 4.78 is 31.7. The Morgan fingerprint density at radius 1 is 1.28 bits per heavy atom. The molecule has 2 heterocycles. The van der Waals surface area contributed by atoms with Crippen LogP contribution in [0.1, 0.15) is 25.8 Å². The van der Waals surface area contributed by atoms with Crippen LogP contribution in [-0.4, -0.2) is 10.9 Å². The lowest BCUT2D eigenvalue weighted by Gasteiger charge is -2.05. The van der Waals surface area contributed by atoms with Crippen molar-refractivity contribution in [1.82, 2.24) is 4.98 Å². The third-order valence-corrected chi connectivity index (χ3v) is 5.38. The molecule has 0 saturated carbocycles. The SMILES string of the molecule is Cc1nc(NC(=O)c2cc(COc3ccc(F)cc3F)cs2)sc1C. The first-order valence-corrected chi connectivity index (χ1v) is 9.02. The average Bonchev–Trinajstić information content (AvgIpc) is 3.14. The number of ether oxygens (including phenoxy) is 1. The molecule has 0 atom stereocenters. The molecule has 1 N–H and O–H groups in total. The van der Waals surface area contributed by atoms with Crippen LogP contribution in [0.2, 0.25) is 0 Å². The molecule has 3 aromatic rings. The van der Waals surface area contributed by atoms with Gasteiger partial charge in [0.1, 0.15) is 12.4 Å². The van der Waals surface area contributed by atoms with E-state index in [1.165, 1.54) is 28.7 Å². The second kappa shape index (κ2) is 7.28. The fraction of sp³-hybridized carbons (Fsp3) is 0.176. The van der Waals surface area contributed by atoms with Crippen LogP contribution in [0.5, 0.6) is 5.75 Å². The molecule has 3 rings (SSSR count). The summed E-state index contributed by atoms with van der Waals surface area (Å²) in [6.45, 7) is 3.91. The van der Waals surface area contributed by atoms with Gasteiger partial charge in [0, 0.05) is 16.5 Å². The maximum atomic E-state index is 13.5. The first-order chi connectivity index (χ1) is 11.9. The Morgan fingerprint density at radius 3 is 2.76 bits per heavy atom. The summed E-state index contributed by atoms with van der Waals surface area (Å²) in [6, 6.07) is 4.80. The van der Waals surface area contributed by atoms with Gasteiger partial charge in [-0.2, -0.15) is 0 Å². The molecular weight excluding hydrogens is 366 g/mol.